The first-order chi connectivity index (χ1) is 9.16. The second kappa shape index (κ2) is 4.68. The van der Waals surface area contributed by atoms with Gasteiger partial charge >= 0.3 is 0 Å². The molecule has 1 heterocycles. The predicted molar refractivity (Wildman–Crippen MR) is 74.9 cm³/mol. The Morgan fingerprint density at radius 3 is 2.74 bits per heavy atom. The van der Waals surface area contributed by atoms with E-state index in [0.29, 0.717) is 12.0 Å². The summed E-state index contributed by atoms with van der Waals surface area (Å²) in [5.74, 6) is 0.686. The minimum absolute atomic E-state index is 0.0304. The Morgan fingerprint density at radius 2 is 2.05 bits per heavy atom. The number of aliphatic imine (C=N–C) groups is 1. The van der Waals surface area contributed by atoms with E-state index >= 15 is 0 Å². The predicted octanol–water partition coefficient (Wildman–Crippen LogP) is 1.62. The average Bonchev–Trinajstić information content (AvgIpc) is 3.16. The lowest BCUT2D eigenvalue weighted by molar-refractivity contribution is -0.123. The number of nitrogens with zero attached hydrogens (tertiary/aromatic N) is 1. The Hall–Kier alpha value is -1.84. The summed E-state index contributed by atoms with van der Waals surface area (Å²) >= 11 is 0. The molecule has 0 spiro atoms. The molecule has 2 N–H and O–H groups in total. The highest BCUT2D eigenvalue weighted by molar-refractivity contribution is 6.08. The monoisotopic (exact) mass is 257 g/mol. The van der Waals surface area contributed by atoms with Crippen molar-refractivity contribution < 1.29 is 4.79 Å². The normalized spacial score (nSPS) is 28.3. The van der Waals surface area contributed by atoms with Gasteiger partial charge in [0.2, 0.25) is 0 Å². The highest BCUT2D eigenvalue weighted by Gasteiger charge is 2.40. The van der Waals surface area contributed by atoms with Gasteiger partial charge in [0.25, 0.3) is 5.91 Å². The molecule has 1 saturated carbocycles. The van der Waals surface area contributed by atoms with Crippen LogP contribution in [-0.4, -0.2) is 23.4 Å². The first-order valence-corrected chi connectivity index (χ1v) is 6.87. The molecule has 1 aliphatic carbocycles. The molecule has 1 aliphatic heterocycles. The fraction of sp³-hybridized carbons (Fsp3) is 0.467. The molecule has 1 aromatic carbocycles. The minimum atomic E-state index is -0.538. The lowest BCUT2D eigenvalue weighted by atomic mass is 9.93. The molecule has 0 bridgehead atoms. The summed E-state index contributed by atoms with van der Waals surface area (Å²) in [6.45, 7) is 1.95. The van der Waals surface area contributed by atoms with Crippen molar-refractivity contribution in [1.82, 2.24) is 10.6 Å². The molecule has 100 valence electrons. The first kappa shape index (κ1) is 12.2. The smallest absolute Gasteiger partial charge is 0.252 e. The molecule has 4 nitrogen and oxygen atoms in total. The number of hydrogen-bond donors (Lipinski definition) is 2. The van der Waals surface area contributed by atoms with Gasteiger partial charge in [-0.1, -0.05) is 30.3 Å². The number of aryl methyl sites for hydroxylation is 1. The van der Waals surface area contributed by atoms with Gasteiger partial charge in [0.1, 0.15) is 5.54 Å². The van der Waals surface area contributed by atoms with Crippen LogP contribution in [0, 0.1) is 0 Å². The fourth-order valence-corrected chi connectivity index (χ4v) is 2.26. The summed E-state index contributed by atoms with van der Waals surface area (Å²) in [5, 5.41) is 6.10. The summed E-state index contributed by atoms with van der Waals surface area (Å²) in [6, 6.07) is 10.7. The molecule has 1 aromatic rings. The van der Waals surface area contributed by atoms with E-state index in [0.717, 1.165) is 25.7 Å². The highest BCUT2D eigenvalue weighted by Crippen LogP contribution is 2.25. The topological polar surface area (TPSA) is 53.5 Å². The number of carbonyl (C=O) groups is 1. The molecule has 1 amide bonds. The van der Waals surface area contributed by atoms with Crippen LogP contribution in [0.1, 0.15) is 31.7 Å². The molecule has 1 saturated heterocycles. The second-order valence-electron chi connectivity index (χ2n) is 5.61. The van der Waals surface area contributed by atoms with E-state index in [4.69, 9.17) is 0 Å². The van der Waals surface area contributed by atoms with Crippen molar-refractivity contribution in [2.45, 2.75) is 44.2 Å². The number of guanidine groups is 1. The van der Waals surface area contributed by atoms with Gasteiger partial charge in [-0.05, 0) is 38.2 Å². The number of hydrogen-bond acceptors (Lipinski definition) is 2. The summed E-state index contributed by atoms with van der Waals surface area (Å²) < 4.78 is 0. The molecule has 2 aliphatic rings. The minimum Gasteiger partial charge on any atom is -0.342 e. The van der Waals surface area contributed by atoms with Crippen molar-refractivity contribution in [2.75, 3.05) is 0 Å². The van der Waals surface area contributed by atoms with Gasteiger partial charge < -0.3 is 5.32 Å². The maximum atomic E-state index is 12.1. The zero-order valence-corrected chi connectivity index (χ0v) is 11.1. The highest BCUT2D eigenvalue weighted by atomic mass is 16.2. The van der Waals surface area contributed by atoms with E-state index < -0.39 is 5.54 Å². The summed E-state index contributed by atoms with van der Waals surface area (Å²) in [5.41, 5.74) is 0.717. The Labute approximate surface area is 113 Å². The Bertz CT molecular complexity index is 507. The molecular weight excluding hydrogens is 238 g/mol. The number of carbonyl (C=O) groups excluding carboxylic acids is 1. The molecule has 0 radical (unpaired) electrons. The summed E-state index contributed by atoms with van der Waals surface area (Å²) in [7, 11) is 0. The molecule has 1 unspecified atom stereocenters. The number of nitrogens with one attached hydrogen (secondary N) is 2. The van der Waals surface area contributed by atoms with E-state index in [1.54, 1.807) is 0 Å². The average molecular weight is 257 g/mol. The zero-order chi connectivity index (χ0) is 13.3. The molecule has 19 heavy (non-hydrogen) atoms. The molecule has 1 atom stereocenters. The Kier molecular flexibility index (Phi) is 3.01. The van der Waals surface area contributed by atoms with Crippen molar-refractivity contribution in [2.24, 2.45) is 4.99 Å². The maximum absolute atomic E-state index is 12.1. The van der Waals surface area contributed by atoms with Crippen LogP contribution >= 0.6 is 0 Å². The second-order valence-corrected chi connectivity index (χ2v) is 5.61. The molecule has 0 aromatic heterocycles. The van der Waals surface area contributed by atoms with Crippen molar-refractivity contribution in [3.63, 3.8) is 0 Å². The van der Waals surface area contributed by atoms with Crippen LogP contribution in [0.4, 0.5) is 0 Å². The quantitative estimate of drug-likeness (QED) is 0.861. The zero-order valence-electron chi connectivity index (χ0n) is 11.1. The van der Waals surface area contributed by atoms with Crippen LogP contribution in [0.3, 0.4) is 0 Å². The van der Waals surface area contributed by atoms with Gasteiger partial charge in [0.15, 0.2) is 5.96 Å². The van der Waals surface area contributed by atoms with Gasteiger partial charge in [-0.15, -0.1) is 0 Å². The van der Waals surface area contributed by atoms with Crippen molar-refractivity contribution in [1.29, 1.82) is 0 Å². The van der Waals surface area contributed by atoms with E-state index in [9.17, 15) is 4.79 Å². The molecule has 3 rings (SSSR count). The van der Waals surface area contributed by atoms with Crippen LogP contribution < -0.4 is 10.6 Å². The number of rotatable bonds is 4. The largest absolute Gasteiger partial charge is 0.342 e. The Balaban J connectivity index is 1.64. The van der Waals surface area contributed by atoms with Crippen molar-refractivity contribution in [3.8, 4) is 0 Å². The molecular formula is C15H19N3O. The molecule has 4 heteroatoms. The number of amides is 1. The van der Waals surface area contributed by atoms with E-state index in [2.05, 4.69) is 27.8 Å². The van der Waals surface area contributed by atoms with Crippen LogP contribution in [0.25, 0.3) is 0 Å². The SMILES string of the molecule is CC1(CCc2ccccc2)NC(=NC2CC2)NC1=O. The van der Waals surface area contributed by atoms with E-state index in [1.807, 2.05) is 25.1 Å². The van der Waals surface area contributed by atoms with Crippen molar-refractivity contribution >= 4 is 11.9 Å². The van der Waals surface area contributed by atoms with Gasteiger partial charge in [0, 0.05) is 0 Å². The fourth-order valence-electron chi connectivity index (χ4n) is 2.26. The lowest BCUT2D eigenvalue weighted by Crippen LogP contribution is -2.44. The lowest BCUT2D eigenvalue weighted by Gasteiger charge is -2.20. The summed E-state index contributed by atoms with van der Waals surface area (Å²) in [4.78, 5) is 16.5. The van der Waals surface area contributed by atoms with Gasteiger partial charge in [-0.2, -0.15) is 0 Å². The third-order valence-electron chi connectivity index (χ3n) is 3.74. The van der Waals surface area contributed by atoms with Crippen molar-refractivity contribution in [3.05, 3.63) is 35.9 Å². The van der Waals surface area contributed by atoms with Gasteiger partial charge in [-0.3, -0.25) is 10.1 Å². The van der Waals surface area contributed by atoms with E-state index in [1.165, 1.54) is 5.56 Å². The standard InChI is InChI=1S/C15H19N3O/c1-15(10-9-11-5-3-2-4-6-11)13(19)17-14(18-15)16-12-7-8-12/h2-6,12H,7-10H2,1H3,(H2,16,17,18,19). The Morgan fingerprint density at radius 1 is 1.32 bits per heavy atom. The van der Waals surface area contributed by atoms with Crippen LogP contribution in [-0.2, 0) is 11.2 Å². The third kappa shape index (κ3) is 2.78. The first-order valence-electron chi connectivity index (χ1n) is 6.87. The van der Waals surface area contributed by atoms with E-state index in [-0.39, 0.29) is 5.91 Å². The maximum Gasteiger partial charge on any atom is 0.252 e. The van der Waals surface area contributed by atoms with Crippen LogP contribution in [0.5, 0.6) is 0 Å². The number of benzene rings is 1. The van der Waals surface area contributed by atoms with Crippen LogP contribution in [0.15, 0.2) is 35.3 Å². The molecule has 2 fully saturated rings. The third-order valence-corrected chi connectivity index (χ3v) is 3.74. The van der Waals surface area contributed by atoms with Crippen LogP contribution in [0.2, 0.25) is 0 Å². The van der Waals surface area contributed by atoms with Gasteiger partial charge in [0.05, 0.1) is 6.04 Å². The van der Waals surface area contributed by atoms with Gasteiger partial charge in [-0.25, -0.2) is 4.99 Å². The summed E-state index contributed by atoms with van der Waals surface area (Å²) in [6.07, 6.45) is 3.94.